The van der Waals surface area contributed by atoms with Gasteiger partial charge in [-0.2, -0.15) is 13.2 Å². The maximum atomic E-state index is 12.3. The van der Waals surface area contributed by atoms with E-state index in [2.05, 4.69) is 10.1 Å². The molecular weight excluding hydrogens is 515 g/mol. The largest absolute Gasteiger partial charge is 0.491 e. The van der Waals surface area contributed by atoms with Crippen molar-refractivity contribution >= 4 is 11.9 Å². The molecule has 0 saturated heterocycles. The molecule has 0 bridgehead atoms. The number of hydrogen-bond donors (Lipinski definition) is 2. The number of aryl methyl sites for hydroxylation is 2. The lowest BCUT2D eigenvalue weighted by atomic mass is 9.96. The van der Waals surface area contributed by atoms with Crippen LogP contribution in [0.15, 0.2) is 66.7 Å². The molecule has 4 rings (SSSR count). The minimum atomic E-state index is -5.24. The molecule has 0 aliphatic carbocycles. The highest BCUT2D eigenvalue weighted by Gasteiger charge is 2.42. The molecule has 0 saturated carbocycles. The Hall–Kier alpha value is -3.89. The Kier molecular flexibility index (Phi) is 8.88. The van der Waals surface area contributed by atoms with Crippen LogP contribution in [0.1, 0.15) is 27.9 Å². The Balaban J connectivity index is 1.26. The third-order valence-electron chi connectivity index (χ3n) is 6.24. The lowest BCUT2D eigenvalue weighted by Crippen LogP contribution is -2.39. The number of aliphatic hydroxyl groups is 1. The van der Waals surface area contributed by atoms with Gasteiger partial charge in [-0.25, -0.2) is 9.59 Å². The second-order valence-electron chi connectivity index (χ2n) is 9.24. The second-order valence-corrected chi connectivity index (χ2v) is 9.24. The number of para-hydroxylation sites is 1. The lowest BCUT2D eigenvalue weighted by molar-refractivity contribution is -0.193. The van der Waals surface area contributed by atoms with E-state index < -0.39 is 24.2 Å². The van der Waals surface area contributed by atoms with Crippen LogP contribution in [0.2, 0.25) is 0 Å². The van der Waals surface area contributed by atoms with Crippen LogP contribution < -0.4 is 14.8 Å². The minimum Gasteiger partial charge on any atom is -0.491 e. The van der Waals surface area contributed by atoms with Crippen LogP contribution in [0.5, 0.6) is 11.5 Å². The van der Waals surface area contributed by atoms with E-state index in [4.69, 9.17) is 9.47 Å². The maximum absolute atomic E-state index is 12.3. The number of esters is 2. The average Bonchev–Trinajstić information content (AvgIpc) is 2.92. The van der Waals surface area contributed by atoms with Gasteiger partial charge in [0, 0.05) is 13.1 Å². The summed E-state index contributed by atoms with van der Waals surface area (Å²) in [6.45, 7) is 3.07. The first kappa shape index (κ1) is 28.1. The quantitative estimate of drug-likeness (QED) is 0.300. The Morgan fingerprint density at radius 1 is 1.08 bits per heavy atom. The lowest BCUT2D eigenvalue weighted by Gasteiger charge is -2.27. The first-order chi connectivity index (χ1) is 18.6. The summed E-state index contributed by atoms with van der Waals surface area (Å²) in [6, 6.07) is 19.0. The van der Waals surface area contributed by atoms with Crippen molar-refractivity contribution in [2.45, 2.75) is 38.1 Å². The number of hydrogen-bond acceptors (Lipinski definition) is 7. The van der Waals surface area contributed by atoms with E-state index in [9.17, 15) is 27.9 Å². The number of alkyl halides is 3. The zero-order chi connectivity index (χ0) is 28.0. The van der Waals surface area contributed by atoms with Crippen LogP contribution in [0, 0.1) is 6.92 Å². The monoisotopic (exact) mass is 543 g/mol. The normalized spacial score (nSPS) is 15.6. The SMILES string of the molecule is Cc1ccccc1OC[C@H](O)CNC[C@H]1CCc2cc(-c3ccc(C(=O)OC(=O)C(F)(F)F)cc3)ccc2O1. The zero-order valence-electron chi connectivity index (χ0n) is 21.2. The van der Waals surface area contributed by atoms with Gasteiger partial charge in [0.2, 0.25) is 0 Å². The van der Waals surface area contributed by atoms with Crippen LogP contribution in [0.4, 0.5) is 13.2 Å². The molecule has 0 aromatic heterocycles. The van der Waals surface area contributed by atoms with E-state index in [1.807, 2.05) is 49.4 Å². The third-order valence-corrected chi connectivity index (χ3v) is 6.24. The number of halogens is 3. The molecule has 3 aromatic carbocycles. The fourth-order valence-electron chi connectivity index (χ4n) is 4.14. The van der Waals surface area contributed by atoms with E-state index in [-0.39, 0.29) is 18.3 Å². The van der Waals surface area contributed by atoms with Crippen molar-refractivity contribution in [1.29, 1.82) is 0 Å². The van der Waals surface area contributed by atoms with Crippen molar-refractivity contribution in [2.24, 2.45) is 0 Å². The Morgan fingerprint density at radius 2 is 1.79 bits per heavy atom. The van der Waals surface area contributed by atoms with Gasteiger partial charge in [-0.05, 0) is 72.4 Å². The summed E-state index contributed by atoms with van der Waals surface area (Å²) < 4.78 is 52.6. The van der Waals surface area contributed by atoms with Crippen LogP contribution >= 0.6 is 0 Å². The van der Waals surface area contributed by atoms with Crippen LogP contribution in [-0.2, 0) is 16.0 Å². The van der Waals surface area contributed by atoms with Crippen molar-refractivity contribution in [3.05, 3.63) is 83.4 Å². The summed E-state index contributed by atoms with van der Waals surface area (Å²) in [7, 11) is 0. The average molecular weight is 544 g/mol. The molecule has 2 N–H and O–H groups in total. The molecule has 2 atom stereocenters. The van der Waals surface area contributed by atoms with Crippen molar-refractivity contribution in [3.8, 4) is 22.6 Å². The van der Waals surface area contributed by atoms with Gasteiger partial charge in [0.1, 0.15) is 30.3 Å². The summed E-state index contributed by atoms with van der Waals surface area (Å²) >= 11 is 0. The highest BCUT2D eigenvalue weighted by atomic mass is 19.4. The van der Waals surface area contributed by atoms with Gasteiger partial charge in [-0.3, -0.25) is 0 Å². The Morgan fingerprint density at radius 3 is 2.51 bits per heavy atom. The first-order valence-electron chi connectivity index (χ1n) is 12.4. The van der Waals surface area contributed by atoms with E-state index >= 15 is 0 Å². The molecule has 0 fully saturated rings. The van der Waals surface area contributed by atoms with E-state index in [1.54, 1.807) is 12.1 Å². The fraction of sp³-hybridized carbons (Fsp3) is 0.310. The zero-order valence-corrected chi connectivity index (χ0v) is 21.2. The fourth-order valence-corrected chi connectivity index (χ4v) is 4.14. The van der Waals surface area contributed by atoms with Crippen molar-refractivity contribution in [3.63, 3.8) is 0 Å². The van der Waals surface area contributed by atoms with Gasteiger partial charge in [0.05, 0.1) is 5.56 Å². The van der Waals surface area contributed by atoms with Crippen LogP contribution in [-0.4, -0.2) is 55.1 Å². The number of ether oxygens (including phenoxy) is 3. The van der Waals surface area contributed by atoms with Gasteiger partial charge in [-0.15, -0.1) is 0 Å². The van der Waals surface area contributed by atoms with E-state index in [0.29, 0.717) is 13.1 Å². The van der Waals surface area contributed by atoms with Gasteiger partial charge in [-0.1, -0.05) is 36.4 Å². The molecule has 7 nitrogen and oxygen atoms in total. The van der Waals surface area contributed by atoms with Crippen LogP contribution in [0.25, 0.3) is 11.1 Å². The number of carbonyl (C=O) groups excluding carboxylic acids is 2. The smallest absolute Gasteiger partial charge is 0.491 e. The summed E-state index contributed by atoms with van der Waals surface area (Å²) in [5.41, 5.74) is 3.43. The van der Waals surface area contributed by atoms with Gasteiger partial charge < -0.3 is 24.6 Å². The molecule has 0 amide bonds. The Bertz CT molecular complexity index is 1310. The number of nitrogens with one attached hydrogen (secondary N) is 1. The minimum absolute atomic E-state index is 0.0578. The van der Waals surface area contributed by atoms with Gasteiger partial charge in [0.15, 0.2) is 0 Å². The van der Waals surface area contributed by atoms with E-state index in [0.717, 1.165) is 46.6 Å². The number of aliphatic hydroxyl groups excluding tert-OH is 1. The molecule has 0 spiro atoms. The van der Waals surface area contributed by atoms with Crippen LogP contribution in [0.3, 0.4) is 0 Å². The molecule has 10 heteroatoms. The molecule has 206 valence electrons. The molecule has 1 aliphatic rings. The van der Waals surface area contributed by atoms with Crippen molar-refractivity contribution in [2.75, 3.05) is 19.7 Å². The van der Waals surface area contributed by atoms with Crippen molar-refractivity contribution in [1.82, 2.24) is 5.32 Å². The van der Waals surface area contributed by atoms with Gasteiger partial charge >= 0.3 is 18.1 Å². The number of fused-ring (bicyclic) bond motifs is 1. The van der Waals surface area contributed by atoms with Gasteiger partial charge in [0.25, 0.3) is 0 Å². The van der Waals surface area contributed by atoms with Crippen molar-refractivity contribution < 1.29 is 42.1 Å². The first-order valence-corrected chi connectivity index (χ1v) is 12.4. The molecular formula is C29H28F3NO6. The number of rotatable bonds is 9. The maximum Gasteiger partial charge on any atom is 0.491 e. The second kappa shape index (κ2) is 12.3. The summed E-state index contributed by atoms with van der Waals surface area (Å²) in [5.74, 6) is -2.41. The van der Waals surface area contributed by atoms with E-state index in [1.165, 1.54) is 12.1 Å². The molecule has 0 unspecified atom stereocenters. The molecule has 0 radical (unpaired) electrons. The molecule has 1 aliphatic heterocycles. The molecule has 1 heterocycles. The topological polar surface area (TPSA) is 94.1 Å². The summed E-state index contributed by atoms with van der Waals surface area (Å²) in [5, 5.41) is 13.5. The highest BCUT2D eigenvalue weighted by Crippen LogP contribution is 2.32. The third kappa shape index (κ3) is 7.58. The standard InChI is InChI=1S/C29H28F3NO6/c1-18-4-2-3-5-25(18)37-17-23(34)15-33-16-24-12-10-22-14-21(11-13-26(22)38-24)19-6-8-20(9-7-19)27(35)39-28(36)29(30,31)32/h2-9,11,13-14,23-24,33-34H,10,12,15-17H2,1H3/t23-,24-/m1/s1. The highest BCUT2D eigenvalue weighted by molar-refractivity contribution is 5.98. The predicted molar refractivity (Wildman–Crippen MR) is 137 cm³/mol. The summed E-state index contributed by atoms with van der Waals surface area (Å²) in [6.07, 6.45) is -4.41. The molecule has 39 heavy (non-hydrogen) atoms. The Labute approximate surface area is 223 Å². The predicted octanol–water partition coefficient (Wildman–Crippen LogP) is 4.63. The number of benzene rings is 3. The molecule has 3 aromatic rings. The summed E-state index contributed by atoms with van der Waals surface area (Å²) in [4.78, 5) is 22.7. The number of carbonyl (C=O) groups is 2.